The van der Waals surface area contributed by atoms with Gasteiger partial charge in [0, 0.05) is 5.39 Å². The first kappa shape index (κ1) is 18.8. The maximum absolute atomic E-state index is 13.5. The van der Waals surface area contributed by atoms with Gasteiger partial charge in [0.15, 0.2) is 0 Å². The Labute approximate surface area is 152 Å². The highest BCUT2D eigenvalue weighted by atomic mass is 31.2. The van der Waals surface area contributed by atoms with Gasteiger partial charge in [-0.05, 0) is 50.1 Å². The highest BCUT2D eigenvalue weighted by Crippen LogP contribution is 2.62. The van der Waals surface area contributed by atoms with Crippen LogP contribution in [0, 0.1) is 5.82 Å². The van der Waals surface area contributed by atoms with Crippen LogP contribution in [0.15, 0.2) is 59.0 Å². The van der Waals surface area contributed by atoms with Crippen LogP contribution in [0.1, 0.15) is 30.8 Å². The van der Waals surface area contributed by atoms with Crippen LogP contribution in [0.4, 0.5) is 4.39 Å². The Kier molecular flexibility index (Phi) is 5.92. The van der Waals surface area contributed by atoms with Gasteiger partial charge >= 0.3 is 7.60 Å². The van der Waals surface area contributed by atoms with E-state index in [2.05, 4.69) is 0 Å². The van der Waals surface area contributed by atoms with Crippen LogP contribution in [-0.4, -0.2) is 13.2 Å². The van der Waals surface area contributed by atoms with Crippen LogP contribution in [0.25, 0.3) is 11.0 Å². The Morgan fingerprint density at radius 2 is 1.69 bits per heavy atom. The quantitative estimate of drug-likeness (QED) is 0.444. The molecular weight excluding hydrogens is 354 g/mol. The van der Waals surface area contributed by atoms with Gasteiger partial charge in [-0.3, -0.25) is 4.57 Å². The van der Waals surface area contributed by atoms with Gasteiger partial charge in [0.05, 0.1) is 13.2 Å². The molecule has 0 saturated heterocycles. The molecule has 2 aromatic carbocycles. The van der Waals surface area contributed by atoms with Gasteiger partial charge in [-0.2, -0.15) is 0 Å². The molecule has 6 heteroatoms. The molecule has 0 N–H and O–H groups in total. The number of hydrogen-bond acceptors (Lipinski definition) is 4. The smallest absolute Gasteiger partial charge is 0.341 e. The second kappa shape index (κ2) is 8.17. The number of furan rings is 1. The Balaban J connectivity index is 2.04. The minimum atomic E-state index is -3.47. The van der Waals surface area contributed by atoms with E-state index in [1.165, 1.54) is 12.1 Å². The van der Waals surface area contributed by atoms with Crippen molar-refractivity contribution in [2.24, 2.45) is 0 Å². The number of hydrogen-bond donors (Lipinski definition) is 0. The summed E-state index contributed by atoms with van der Waals surface area (Å²) >= 11 is 0. The zero-order chi connectivity index (χ0) is 18.6. The van der Waals surface area contributed by atoms with Crippen molar-refractivity contribution in [3.05, 3.63) is 71.7 Å². The van der Waals surface area contributed by atoms with Crippen molar-refractivity contribution in [2.45, 2.75) is 25.9 Å². The molecule has 1 unspecified atom stereocenters. The van der Waals surface area contributed by atoms with Crippen LogP contribution < -0.4 is 0 Å². The standard InChI is InChI=1S/C20H22FO4P/c1-3-23-26(22,24-4-2)20(13-15-9-11-17(21)12-10-15)19-14-16-7-5-6-8-18(16)25-19/h5-12,14,20H,3-4,13H2,1-2H3. The predicted octanol–water partition coefficient (Wildman–Crippen LogP) is 6.12. The summed E-state index contributed by atoms with van der Waals surface area (Å²) < 4.78 is 43.8. The summed E-state index contributed by atoms with van der Waals surface area (Å²) in [6, 6.07) is 15.6. The lowest BCUT2D eigenvalue weighted by atomic mass is 10.1. The van der Waals surface area contributed by atoms with E-state index in [0.29, 0.717) is 17.8 Å². The van der Waals surface area contributed by atoms with Crippen molar-refractivity contribution < 1.29 is 22.4 Å². The first-order valence-corrected chi connectivity index (χ1v) is 10.3. The Bertz CT molecular complexity index is 861. The first-order chi connectivity index (χ1) is 12.6. The van der Waals surface area contributed by atoms with E-state index in [1.807, 2.05) is 30.3 Å². The fourth-order valence-corrected chi connectivity index (χ4v) is 4.98. The molecule has 0 amide bonds. The number of rotatable bonds is 8. The predicted molar refractivity (Wildman–Crippen MR) is 99.9 cm³/mol. The summed E-state index contributed by atoms with van der Waals surface area (Å²) in [6.07, 6.45) is 0.359. The molecule has 0 radical (unpaired) electrons. The molecule has 1 heterocycles. The minimum Gasteiger partial charge on any atom is -0.460 e. The molecule has 0 fully saturated rings. The zero-order valence-electron chi connectivity index (χ0n) is 14.9. The van der Waals surface area contributed by atoms with Crippen molar-refractivity contribution in [1.29, 1.82) is 0 Å². The molecule has 1 atom stereocenters. The van der Waals surface area contributed by atoms with E-state index in [4.69, 9.17) is 13.5 Å². The largest absolute Gasteiger partial charge is 0.460 e. The number of para-hydroxylation sites is 1. The van der Waals surface area contributed by atoms with Crippen molar-refractivity contribution >= 4 is 18.6 Å². The molecule has 0 aliphatic rings. The maximum Gasteiger partial charge on any atom is 0.341 e. The van der Waals surface area contributed by atoms with Gasteiger partial charge in [0.25, 0.3) is 0 Å². The molecule has 0 aliphatic carbocycles. The highest BCUT2D eigenvalue weighted by molar-refractivity contribution is 7.54. The van der Waals surface area contributed by atoms with Gasteiger partial charge in [-0.1, -0.05) is 30.3 Å². The van der Waals surface area contributed by atoms with E-state index in [0.717, 1.165) is 10.9 Å². The number of halogens is 1. The summed E-state index contributed by atoms with van der Waals surface area (Å²) in [5, 5.41) is 0.922. The summed E-state index contributed by atoms with van der Waals surface area (Å²) in [5.74, 6) is 0.229. The van der Waals surface area contributed by atoms with Gasteiger partial charge in [0.1, 0.15) is 22.8 Å². The summed E-state index contributed by atoms with van der Waals surface area (Å²) in [5.41, 5.74) is 0.933. The Hall–Kier alpha value is -1.94. The summed E-state index contributed by atoms with van der Waals surface area (Å²) in [4.78, 5) is 0. The molecule has 1 aromatic heterocycles. The monoisotopic (exact) mass is 376 g/mol. The van der Waals surface area contributed by atoms with Gasteiger partial charge in [0.2, 0.25) is 0 Å². The minimum absolute atomic E-state index is 0.261. The molecule has 3 rings (SSSR count). The first-order valence-electron chi connectivity index (χ1n) is 8.67. The lowest BCUT2D eigenvalue weighted by Gasteiger charge is -2.25. The molecule has 0 spiro atoms. The Morgan fingerprint density at radius 1 is 1.04 bits per heavy atom. The van der Waals surface area contributed by atoms with Gasteiger partial charge in [-0.25, -0.2) is 4.39 Å². The molecule has 4 nitrogen and oxygen atoms in total. The second-order valence-electron chi connectivity index (χ2n) is 5.91. The molecule has 0 aliphatic heterocycles. The second-order valence-corrected chi connectivity index (χ2v) is 8.13. The third-order valence-corrected chi connectivity index (χ3v) is 6.55. The average molecular weight is 376 g/mol. The highest BCUT2D eigenvalue weighted by Gasteiger charge is 2.39. The van der Waals surface area contributed by atoms with Gasteiger partial charge < -0.3 is 13.5 Å². The normalized spacial score (nSPS) is 13.2. The molecular formula is C20H22FO4P. The summed E-state index contributed by atoms with van der Waals surface area (Å²) in [6.45, 7) is 4.08. The fraction of sp³-hybridized carbons (Fsp3) is 0.300. The third-order valence-electron chi connectivity index (χ3n) is 4.12. The Morgan fingerprint density at radius 3 is 2.31 bits per heavy atom. The van der Waals surface area contributed by atoms with Crippen LogP contribution >= 0.6 is 7.60 Å². The molecule has 0 saturated carbocycles. The number of benzene rings is 2. The van der Waals surface area contributed by atoms with Crippen molar-refractivity contribution in [1.82, 2.24) is 0 Å². The van der Waals surface area contributed by atoms with Crippen LogP contribution in [0.3, 0.4) is 0 Å². The van der Waals surface area contributed by atoms with Crippen molar-refractivity contribution in [2.75, 3.05) is 13.2 Å². The van der Waals surface area contributed by atoms with Gasteiger partial charge in [-0.15, -0.1) is 0 Å². The zero-order valence-corrected chi connectivity index (χ0v) is 15.7. The fourth-order valence-electron chi connectivity index (χ4n) is 2.96. The van der Waals surface area contributed by atoms with Crippen molar-refractivity contribution in [3.63, 3.8) is 0 Å². The topological polar surface area (TPSA) is 48.7 Å². The lowest BCUT2D eigenvalue weighted by molar-refractivity contribution is 0.209. The molecule has 0 bridgehead atoms. The van der Waals surface area contributed by atoms with E-state index >= 15 is 0 Å². The van der Waals surface area contributed by atoms with E-state index in [1.54, 1.807) is 26.0 Å². The molecule has 26 heavy (non-hydrogen) atoms. The van der Waals surface area contributed by atoms with Crippen LogP contribution in [-0.2, 0) is 20.0 Å². The molecule has 138 valence electrons. The van der Waals surface area contributed by atoms with Crippen LogP contribution in [0.2, 0.25) is 0 Å². The third kappa shape index (κ3) is 4.07. The summed E-state index contributed by atoms with van der Waals surface area (Å²) in [7, 11) is -3.47. The van der Waals surface area contributed by atoms with E-state index in [-0.39, 0.29) is 19.0 Å². The van der Waals surface area contributed by atoms with E-state index < -0.39 is 13.3 Å². The van der Waals surface area contributed by atoms with Crippen LogP contribution in [0.5, 0.6) is 0 Å². The molecule has 3 aromatic rings. The SMILES string of the molecule is CCOP(=O)(OCC)C(Cc1ccc(F)cc1)c1cc2ccccc2o1. The number of fused-ring (bicyclic) bond motifs is 1. The van der Waals surface area contributed by atoms with E-state index in [9.17, 15) is 8.96 Å². The average Bonchev–Trinajstić information content (AvgIpc) is 3.05. The maximum atomic E-state index is 13.5. The van der Waals surface area contributed by atoms with Crippen molar-refractivity contribution in [3.8, 4) is 0 Å². The lowest BCUT2D eigenvalue weighted by Crippen LogP contribution is -2.09.